The Morgan fingerprint density at radius 2 is 2.18 bits per heavy atom. The van der Waals surface area contributed by atoms with Crippen molar-refractivity contribution >= 4 is 33.4 Å². The number of rotatable bonds is 2. The third-order valence-electron chi connectivity index (χ3n) is 1.29. The van der Waals surface area contributed by atoms with E-state index in [2.05, 4.69) is 28.3 Å². The summed E-state index contributed by atoms with van der Waals surface area (Å²) in [6, 6.07) is 6.00. The predicted octanol–water partition coefficient (Wildman–Crippen LogP) is 2.89. The molecule has 11 heavy (non-hydrogen) atoms. The molecule has 0 unspecified atom stereocenters. The number of nitrogen functional groups attached to an aromatic ring is 1. The summed E-state index contributed by atoms with van der Waals surface area (Å²) >= 11 is 5.19. The molecule has 0 bridgehead atoms. The first-order valence-corrected chi connectivity index (χ1v) is 5.45. The molecule has 60 valence electrons. The SMILES string of the molecule is CSCc1cc(N)cc(Br)c1. The molecule has 0 saturated heterocycles. The molecule has 1 rings (SSSR count). The van der Waals surface area contributed by atoms with E-state index in [0.717, 1.165) is 15.9 Å². The van der Waals surface area contributed by atoms with Crippen molar-refractivity contribution < 1.29 is 0 Å². The van der Waals surface area contributed by atoms with Gasteiger partial charge in [0, 0.05) is 15.9 Å². The Labute approximate surface area is 79.5 Å². The Morgan fingerprint density at radius 3 is 2.73 bits per heavy atom. The summed E-state index contributed by atoms with van der Waals surface area (Å²) in [5, 5.41) is 0. The molecule has 0 fully saturated rings. The molecule has 1 aromatic carbocycles. The van der Waals surface area contributed by atoms with Gasteiger partial charge in [0.25, 0.3) is 0 Å². The number of thioether (sulfide) groups is 1. The van der Waals surface area contributed by atoms with Crippen LogP contribution in [0.4, 0.5) is 5.69 Å². The van der Waals surface area contributed by atoms with Crippen molar-refractivity contribution in [3.05, 3.63) is 28.2 Å². The second kappa shape index (κ2) is 4.02. The molecule has 3 heteroatoms. The highest BCUT2D eigenvalue weighted by molar-refractivity contribution is 9.10. The topological polar surface area (TPSA) is 26.0 Å². The van der Waals surface area contributed by atoms with E-state index < -0.39 is 0 Å². The van der Waals surface area contributed by atoms with Crippen LogP contribution in [-0.4, -0.2) is 6.26 Å². The monoisotopic (exact) mass is 231 g/mol. The zero-order valence-electron chi connectivity index (χ0n) is 6.30. The summed E-state index contributed by atoms with van der Waals surface area (Å²) in [5.74, 6) is 1.02. The summed E-state index contributed by atoms with van der Waals surface area (Å²) < 4.78 is 1.06. The highest BCUT2D eigenvalue weighted by Crippen LogP contribution is 2.19. The van der Waals surface area contributed by atoms with E-state index in [9.17, 15) is 0 Å². The first-order valence-electron chi connectivity index (χ1n) is 3.26. The van der Waals surface area contributed by atoms with Crippen LogP contribution in [0.2, 0.25) is 0 Å². The Kier molecular flexibility index (Phi) is 3.27. The molecule has 0 saturated carbocycles. The third-order valence-corrected chi connectivity index (χ3v) is 2.37. The van der Waals surface area contributed by atoms with E-state index >= 15 is 0 Å². The molecule has 0 atom stereocenters. The Hall–Kier alpha value is -0.150. The number of nitrogens with two attached hydrogens (primary N) is 1. The van der Waals surface area contributed by atoms with Crippen LogP contribution in [0.3, 0.4) is 0 Å². The lowest BCUT2D eigenvalue weighted by molar-refractivity contribution is 1.41. The lowest BCUT2D eigenvalue weighted by Crippen LogP contribution is -1.87. The maximum Gasteiger partial charge on any atom is 0.0328 e. The normalized spacial score (nSPS) is 10.0. The molecule has 0 radical (unpaired) electrons. The molecule has 1 aromatic rings. The van der Waals surface area contributed by atoms with Crippen LogP contribution in [0.5, 0.6) is 0 Å². The molecule has 0 amide bonds. The zero-order valence-corrected chi connectivity index (χ0v) is 8.71. The van der Waals surface area contributed by atoms with Crippen LogP contribution in [0.25, 0.3) is 0 Å². The lowest BCUT2D eigenvalue weighted by Gasteiger charge is -2.00. The van der Waals surface area contributed by atoms with Gasteiger partial charge in [-0.1, -0.05) is 15.9 Å². The van der Waals surface area contributed by atoms with Crippen LogP contribution in [0.15, 0.2) is 22.7 Å². The number of benzene rings is 1. The molecular weight excluding hydrogens is 222 g/mol. The molecule has 1 nitrogen and oxygen atoms in total. The van der Waals surface area contributed by atoms with Crippen molar-refractivity contribution in [3.63, 3.8) is 0 Å². The van der Waals surface area contributed by atoms with Crippen molar-refractivity contribution in [2.24, 2.45) is 0 Å². The molecular formula is C8H10BrNS. The van der Waals surface area contributed by atoms with E-state index in [0.29, 0.717) is 0 Å². The standard InChI is InChI=1S/C8H10BrNS/c1-11-5-6-2-7(9)4-8(10)3-6/h2-4H,5,10H2,1H3. The van der Waals surface area contributed by atoms with Gasteiger partial charge in [-0.25, -0.2) is 0 Å². The maximum absolute atomic E-state index is 5.65. The Balaban J connectivity index is 2.89. The van der Waals surface area contributed by atoms with Gasteiger partial charge >= 0.3 is 0 Å². The van der Waals surface area contributed by atoms with Gasteiger partial charge < -0.3 is 5.73 Å². The van der Waals surface area contributed by atoms with Gasteiger partial charge in [-0.15, -0.1) is 0 Å². The van der Waals surface area contributed by atoms with Gasteiger partial charge in [-0.3, -0.25) is 0 Å². The van der Waals surface area contributed by atoms with Crippen LogP contribution in [0.1, 0.15) is 5.56 Å². The minimum absolute atomic E-state index is 0.823. The van der Waals surface area contributed by atoms with E-state index in [-0.39, 0.29) is 0 Å². The first kappa shape index (κ1) is 8.94. The average Bonchev–Trinajstić information content (AvgIpc) is 1.85. The summed E-state index contributed by atoms with van der Waals surface area (Å²) in [4.78, 5) is 0. The van der Waals surface area contributed by atoms with Gasteiger partial charge in [0.15, 0.2) is 0 Å². The lowest BCUT2D eigenvalue weighted by atomic mass is 10.2. The largest absolute Gasteiger partial charge is 0.399 e. The Bertz CT molecular complexity index is 230. The number of halogens is 1. The van der Waals surface area contributed by atoms with Gasteiger partial charge in [-0.2, -0.15) is 11.8 Å². The maximum atomic E-state index is 5.65. The van der Waals surface area contributed by atoms with Gasteiger partial charge in [0.1, 0.15) is 0 Å². The fourth-order valence-corrected chi connectivity index (χ4v) is 1.98. The van der Waals surface area contributed by atoms with Crippen LogP contribution < -0.4 is 5.73 Å². The molecule has 0 aliphatic rings. The predicted molar refractivity (Wildman–Crippen MR) is 55.8 cm³/mol. The first-order chi connectivity index (χ1) is 5.22. The van der Waals surface area contributed by atoms with Crippen LogP contribution >= 0.6 is 27.7 Å². The summed E-state index contributed by atoms with van der Waals surface area (Å²) in [6.07, 6.45) is 2.08. The second-order valence-corrected chi connectivity index (χ2v) is 4.11. The molecule has 0 spiro atoms. The highest BCUT2D eigenvalue weighted by Gasteiger charge is 1.95. The third kappa shape index (κ3) is 2.75. The number of hydrogen-bond donors (Lipinski definition) is 1. The zero-order chi connectivity index (χ0) is 8.27. The fourth-order valence-electron chi connectivity index (χ4n) is 0.925. The quantitative estimate of drug-likeness (QED) is 0.793. The summed E-state index contributed by atoms with van der Waals surface area (Å²) in [7, 11) is 0. The van der Waals surface area contributed by atoms with Crippen molar-refractivity contribution in [3.8, 4) is 0 Å². The van der Waals surface area contributed by atoms with Crippen LogP contribution in [-0.2, 0) is 5.75 Å². The molecule has 2 N–H and O–H groups in total. The van der Waals surface area contributed by atoms with Crippen molar-refractivity contribution in [2.75, 3.05) is 12.0 Å². The Morgan fingerprint density at radius 1 is 1.45 bits per heavy atom. The highest BCUT2D eigenvalue weighted by atomic mass is 79.9. The van der Waals surface area contributed by atoms with Gasteiger partial charge in [0.2, 0.25) is 0 Å². The summed E-state index contributed by atoms with van der Waals surface area (Å²) in [6.45, 7) is 0. The molecule has 0 aromatic heterocycles. The minimum atomic E-state index is 0.823. The summed E-state index contributed by atoms with van der Waals surface area (Å²) in [5.41, 5.74) is 7.74. The van der Waals surface area contributed by atoms with Gasteiger partial charge in [0.05, 0.1) is 0 Å². The van der Waals surface area contributed by atoms with Crippen molar-refractivity contribution in [2.45, 2.75) is 5.75 Å². The smallest absolute Gasteiger partial charge is 0.0328 e. The van der Waals surface area contributed by atoms with Crippen molar-refractivity contribution in [1.82, 2.24) is 0 Å². The average molecular weight is 232 g/mol. The fraction of sp³-hybridized carbons (Fsp3) is 0.250. The van der Waals surface area contributed by atoms with E-state index in [1.807, 2.05) is 12.1 Å². The molecule has 0 heterocycles. The van der Waals surface area contributed by atoms with E-state index in [1.54, 1.807) is 11.8 Å². The van der Waals surface area contributed by atoms with Crippen LogP contribution in [0, 0.1) is 0 Å². The molecule has 0 aliphatic heterocycles. The van der Waals surface area contributed by atoms with E-state index in [4.69, 9.17) is 5.73 Å². The number of hydrogen-bond acceptors (Lipinski definition) is 2. The van der Waals surface area contributed by atoms with Gasteiger partial charge in [-0.05, 0) is 30.0 Å². The minimum Gasteiger partial charge on any atom is -0.399 e. The number of anilines is 1. The van der Waals surface area contributed by atoms with E-state index in [1.165, 1.54) is 5.56 Å². The second-order valence-electron chi connectivity index (χ2n) is 2.33. The molecule has 0 aliphatic carbocycles. The van der Waals surface area contributed by atoms with Crippen molar-refractivity contribution in [1.29, 1.82) is 0 Å².